The Balaban J connectivity index is 2.32. The van der Waals surface area contributed by atoms with Gasteiger partial charge in [-0.3, -0.25) is 0 Å². The second-order valence-corrected chi connectivity index (χ2v) is 2.83. The number of hydrogen-bond donors (Lipinski definition) is 1. The molecule has 0 amide bonds. The Morgan fingerprint density at radius 1 is 1.21 bits per heavy atom. The van der Waals surface area contributed by atoms with Crippen LogP contribution in [0.1, 0.15) is 5.56 Å². The van der Waals surface area contributed by atoms with Gasteiger partial charge in [-0.2, -0.15) is 0 Å². The quantitative estimate of drug-likeness (QED) is 0.737. The molecule has 5 nitrogen and oxygen atoms in total. The zero-order valence-corrected chi connectivity index (χ0v) is 7.27. The Morgan fingerprint density at radius 3 is 2.50 bits per heavy atom. The highest BCUT2D eigenvalue weighted by molar-refractivity contribution is 5.14. The minimum atomic E-state index is -0.731. The molecule has 2 aromatic rings. The van der Waals surface area contributed by atoms with Crippen molar-refractivity contribution >= 4 is 0 Å². The molecule has 1 aromatic heterocycles. The molecular formula is C9H8N2O3. The Kier molecular flexibility index (Phi) is 2.06. The second kappa shape index (κ2) is 3.37. The molecule has 5 heteroatoms. The molecular weight excluding hydrogens is 184 g/mol. The average molecular weight is 192 g/mol. The normalized spacial score (nSPS) is 10.3. The van der Waals surface area contributed by atoms with Gasteiger partial charge in [-0.1, -0.05) is 30.3 Å². The number of aromatic amines is 1. The van der Waals surface area contributed by atoms with Crippen molar-refractivity contribution in [2.75, 3.05) is 0 Å². The minimum Gasteiger partial charge on any atom is -0.317 e. The fraction of sp³-hybridized carbons (Fsp3) is 0.111. The molecule has 14 heavy (non-hydrogen) atoms. The number of aromatic nitrogens is 2. The van der Waals surface area contributed by atoms with Crippen LogP contribution in [0.2, 0.25) is 0 Å². The van der Waals surface area contributed by atoms with E-state index in [0.717, 1.165) is 10.3 Å². The van der Waals surface area contributed by atoms with Crippen molar-refractivity contribution < 1.29 is 4.52 Å². The van der Waals surface area contributed by atoms with Gasteiger partial charge in [0.15, 0.2) is 0 Å². The highest BCUT2D eigenvalue weighted by Crippen LogP contribution is 1.98. The van der Waals surface area contributed by atoms with Gasteiger partial charge in [0.1, 0.15) is 0 Å². The summed E-state index contributed by atoms with van der Waals surface area (Å²) in [7, 11) is 0. The Bertz CT molecular complexity index is 521. The highest BCUT2D eigenvalue weighted by Gasteiger charge is 2.02. The van der Waals surface area contributed by atoms with Crippen LogP contribution in [0.15, 0.2) is 44.4 Å². The predicted molar refractivity (Wildman–Crippen MR) is 49.1 cm³/mol. The van der Waals surface area contributed by atoms with E-state index < -0.39 is 11.4 Å². The van der Waals surface area contributed by atoms with Crippen molar-refractivity contribution in [3.63, 3.8) is 0 Å². The molecule has 0 aliphatic carbocycles. The molecule has 2 rings (SSSR count). The van der Waals surface area contributed by atoms with Crippen molar-refractivity contribution in [3.8, 4) is 0 Å². The van der Waals surface area contributed by atoms with Gasteiger partial charge in [-0.05, 0) is 5.56 Å². The van der Waals surface area contributed by atoms with E-state index in [4.69, 9.17) is 0 Å². The van der Waals surface area contributed by atoms with Gasteiger partial charge in [0.25, 0.3) is 0 Å². The van der Waals surface area contributed by atoms with Crippen LogP contribution in [0.25, 0.3) is 0 Å². The lowest BCUT2D eigenvalue weighted by molar-refractivity contribution is 0.258. The lowest BCUT2D eigenvalue weighted by Crippen LogP contribution is -2.17. The molecule has 0 saturated heterocycles. The maximum absolute atomic E-state index is 11.1. The Morgan fingerprint density at radius 2 is 1.93 bits per heavy atom. The third kappa shape index (κ3) is 1.66. The zero-order chi connectivity index (χ0) is 9.97. The van der Waals surface area contributed by atoms with Crippen LogP contribution in [-0.4, -0.2) is 9.72 Å². The van der Waals surface area contributed by atoms with E-state index >= 15 is 0 Å². The van der Waals surface area contributed by atoms with E-state index in [9.17, 15) is 9.59 Å². The van der Waals surface area contributed by atoms with E-state index in [1.54, 1.807) is 0 Å². The van der Waals surface area contributed by atoms with E-state index in [0.29, 0.717) is 0 Å². The molecule has 0 radical (unpaired) electrons. The van der Waals surface area contributed by atoms with Gasteiger partial charge in [-0.15, -0.1) is 4.74 Å². The molecule has 0 bridgehead atoms. The summed E-state index contributed by atoms with van der Waals surface area (Å²) in [6.45, 7) is 0.262. The van der Waals surface area contributed by atoms with Crippen molar-refractivity contribution in [1.29, 1.82) is 0 Å². The van der Waals surface area contributed by atoms with Crippen molar-refractivity contribution in [3.05, 3.63) is 56.9 Å². The van der Waals surface area contributed by atoms with Gasteiger partial charge in [-0.25, -0.2) is 14.6 Å². The number of nitrogens with zero attached hydrogens (tertiary/aromatic N) is 1. The topological polar surface area (TPSA) is 68.0 Å². The third-order valence-electron chi connectivity index (χ3n) is 1.80. The maximum Gasteiger partial charge on any atom is 0.440 e. The monoisotopic (exact) mass is 192 g/mol. The van der Waals surface area contributed by atoms with Crippen LogP contribution < -0.4 is 11.4 Å². The molecule has 0 saturated carbocycles. The first-order valence-corrected chi connectivity index (χ1v) is 4.10. The van der Waals surface area contributed by atoms with Gasteiger partial charge in [0.2, 0.25) is 0 Å². The Labute approximate surface area is 78.6 Å². The van der Waals surface area contributed by atoms with Crippen LogP contribution in [0.5, 0.6) is 0 Å². The molecule has 0 unspecified atom stereocenters. The maximum atomic E-state index is 11.1. The molecule has 0 aliphatic rings. The summed E-state index contributed by atoms with van der Waals surface area (Å²) < 4.78 is 5.60. The Hall–Kier alpha value is -2.04. The first-order valence-electron chi connectivity index (χ1n) is 4.10. The number of H-pyrrole nitrogens is 1. The molecule has 0 fully saturated rings. The number of hydrogen-bond acceptors (Lipinski definition) is 3. The SMILES string of the molecule is O=c1[nH]c(=O)n(Cc2ccccc2)o1. The molecule has 1 aromatic carbocycles. The summed E-state index contributed by atoms with van der Waals surface area (Å²) in [6, 6.07) is 9.27. The number of rotatable bonds is 2. The van der Waals surface area contributed by atoms with E-state index in [-0.39, 0.29) is 6.54 Å². The summed E-state index contributed by atoms with van der Waals surface area (Å²) in [6.07, 6.45) is 0. The van der Waals surface area contributed by atoms with E-state index in [2.05, 4.69) is 4.52 Å². The second-order valence-electron chi connectivity index (χ2n) is 2.83. The first kappa shape index (κ1) is 8.55. The first-order chi connectivity index (χ1) is 6.75. The lowest BCUT2D eigenvalue weighted by Gasteiger charge is -1.97. The minimum absolute atomic E-state index is 0.262. The summed E-state index contributed by atoms with van der Waals surface area (Å²) in [5.41, 5.74) is 0.371. The van der Waals surface area contributed by atoms with E-state index in [1.807, 2.05) is 35.3 Å². The average Bonchev–Trinajstić information content (AvgIpc) is 2.47. The van der Waals surface area contributed by atoms with Crippen LogP contribution in [0.4, 0.5) is 0 Å². The molecule has 0 atom stereocenters. The fourth-order valence-corrected chi connectivity index (χ4v) is 1.17. The summed E-state index contributed by atoms with van der Waals surface area (Å²) in [5.74, 6) is -0.731. The van der Waals surface area contributed by atoms with Gasteiger partial charge in [0.05, 0.1) is 6.54 Å². The number of benzene rings is 1. The van der Waals surface area contributed by atoms with Crippen molar-refractivity contribution in [1.82, 2.24) is 9.72 Å². The molecule has 0 aliphatic heterocycles. The number of nitrogens with one attached hydrogen (secondary N) is 1. The molecule has 1 heterocycles. The van der Waals surface area contributed by atoms with Crippen molar-refractivity contribution in [2.45, 2.75) is 6.54 Å². The zero-order valence-electron chi connectivity index (χ0n) is 7.27. The summed E-state index contributed by atoms with van der Waals surface area (Å²) >= 11 is 0. The van der Waals surface area contributed by atoms with Crippen LogP contribution in [-0.2, 0) is 6.54 Å². The van der Waals surface area contributed by atoms with E-state index in [1.165, 1.54) is 0 Å². The third-order valence-corrected chi connectivity index (χ3v) is 1.80. The standard InChI is InChI=1S/C9H8N2O3/c12-8-10-9(13)14-11(8)6-7-4-2-1-3-5-7/h1-5H,6H2,(H,10,12,13). The van der Waals surface area contributed by atoms with Crippen LogP contribution >= 0.6 is 0 Å². The largest absolute Gasteiger partial charge is 0.440 e. The summed E-state index contributed by atoms with van der Waals surface area (Å²) in [5, 5.41) is 0. The van der Waals surface area contributed by atoms with Gasteiger partial charge in [0, 0.05) is 0 Å². The molecule has 0 spiro atoms. The van der Waals surface area contributed by atoms with Gasteiger partial charge >= 0.3 is 11.4 Å². The van der Waals surface area contributed by atoms with Crippen molar-refractivity contribution in [2.24, 2.45) is 0 Å². The fourth-order valence-electron chi connectivity index (χ4n) is 1.17. The lowest BCUT2D eigenvalue weighted by atomic mass is 10.2. The molecule has 1 N–H and O–H groups in total. The summed E-state index contributed by atoms with van der Waals surface area (Å²) in [4.78, 5) is 23.7. The smallest absolute Gasteiger partial charge is 0.317 e. The predicted octanol–water partition coefficient (Wildman–Crippen LogP) is 0.178. The molecule has 72 valence electrons. The highest BCUT2D eigenvalue weighted by atomic mass is 16.5. The van der Waals surface area contributed by atoms with Crippen LogP contribution in [0.3, 0.4) is 0 Å². The van der Waals surface area contributed by atoms with Crippen LogP contribution in [0, 0.1) is 0 Å². The van der Waals surface area contributed by atoms with Gasteiger partial charge < -0.3 is 4.52 Å².